The van der Waals surface area contributed by atoms with Crippen molar-refractivity contribution in [1.82, 2.24) is 5.32 Å². The van der Waals surface area contributed by atoms with Gasteiger partial charge in [0.15, 0.2) is 0 Å². The zero-order valence-electron chi connectivity index (χ0n) is 21.3. The summed E-state index contributed by atoms with van der Waals surface area (Å²) in [5, 5.41) is 3.37. The summed E-state index contributed by atoms with van der Waals surface area (Å²) in [6, 6.07) is 23.0. The number of rotatable bonds is 10. The minimum atomic E-state index is -0.900. The Morgan fingerprint density at radius 2 is 1.66 bits per heavy atom. The van der Waals surface area contributed by atoms with Crippen LogP contribution in [-0.2, 0) is 22.6 Å². The van der Waals surface area contributed by atoms with Crippen LogP contribution < -0.4 is 15.7 Å². The Morgan fingerprint density at radius 3 is 2.34 bits per heavy atom. The highest BCUT2D eigenvalue weighted by molar-refractivity contribution is 7.98. The first-order chi connectivity index (χ1) is 18.4. The molecule has 1 aromatic heterocycles. The molecule has 1 N–H and O–H groups in total. The number of hydrogen-bond acceptors (Lipinski definition) is 7. The van der Waals surface area contributed by atoms with Gasteiger partial charge in [-0.1, -0.05) is 60.7 Å². The molecule has 1 amide bonds. The van der Waals surface area contributed by atoms with Crippen LogP contribution in [0.15, 0.2) is 88.1 Å². The molecule has 1 atom stereocenters. The fourth-order valence-electron chi connectivity index (χ4n) is 4.02. The van der Waals surface area contributed by atoms with Crippen molar-refractivity contribution in [2.75, 3.05) is 12.0 Å². The number of hydrogen-bond donors (Lipinski definition) is 1. The van der Waals surface area contributed by atoms with Gasteiger partial charge >= 0.3 is 17.7 Å². The molecule has 1 unspecified atom stereocenters. The van der Waals surface area contributed by atoms with E-state index in [0.717, 1.165) is 22.1 Å². The maximum Gasteiger partial charge on any atom is 0.408 e. The van der Waals surface area contributed by atoms with E-state index < -0.39 is 23.7 Å². The topological polar surface area (TPSA) is 94.8 Å². The van der Waals surface area contributed by atoms with Crippen LogP contribution in [0.3, 0.4) is 0 Å². The lowest BCUT2D eigenvalue weighted by Crippen LogP contribution is -2.43. The lowest BCUT2D eigenvalue weighted by molar-refractivity contribution is -0.136. The molecule has 0 aliphatic carbocycles. The number of ether oxygens (including phenoxy) is 2. The highest BCUT2D eigenvalue weighted by Crippen LogP contribution is 2.25. The second-order valence-corrected chi connectivity index (χ2v) is 9.76. The molecule has 0 aliphatic rings. The van der Waals surface area contributed by atoms with Gasteiger partial charge in [-0.15, -0.1) is 0 Å². The monoisotopic (exact) mass is 531 g/mol. The van der Waals surface area contributed by atoms with E-state index in [4.69, 9.17) is 13.9 Å². The number of benzene rings is 3. The van der Waals surface area contributed by atoms with Crippen LogP contribution in [0.5, 0.6) is 5.75 Å². The molecule has 0 bridgehead atoms. The van der Waals surface area contributed by atoms with Crippen molar-refractivity contribution < 1.29 is 23.5 Å². The summed E-state index contributed by atoms with van der Waals surface area (Å²) in [6.07, 6.45) is 2.04. The van der Waals surface area contributed by atoms with E-state index in [0.29, 0.717) is 29.7 Å². The maximum atomic E-state index is 13.0. The van der Waals surface area contributed by atoms with E-state index in [1.165, 1.54) is 6.07 Å². The molecule has 0 radical (unpaired) electrons. The SMILES string of the molecule is CSCCC(NC(=O)OCc1ccccc1)C(=O)Oc1ccc2c(C)c(Cc3ccccc3)c(=O)oc2c1. The average molecular weight is 532 g/mol. The Kier molecular flexibility index (Phi) is 9.21. The largest absolute Gasteiger partial charge is 0.445 e. The first-order valence-corrected chi connectivity index (χ1v) is 13.6. The standard InChI is InChI=1S/C30H29NO6S/c1-20-24-14-13-23(18-27(24)37-28(32)25(20)17-21-9-5-3-6-10-21)36-29(33)26(15-16-38-2)31-30(34)35-19-22-11-7-4-8-12-22/h3-14,18,26H,15-17,19H2,1-2H3,(H,31,34). The van der Waals surface area contributed by atoms with Crippen LogP contribution in [0, 0.1) is 6.92 Å². The van der Waals surface area contributed by atoms with E-state index in [9.17, 15) is 14.4 Å². The van der Waals surface area contributed by atoms with Gasteiger partial charge in [0, 0.05) is 23.4 Å². The number of amides is 1. The Hall–Kier alpha value is -4.04. The first kappa shape index (κ1) is 27.0. The summed E-state index contributed by atoms with van der Waals surface area (Å²) in [5.74, 6) is 0.221. The Bertz CT molecular complexity index is 1450. The smallest absolute Gasteiger partial charge is 0.408 e. The third kappa shape index (κ3) is 7.04. The summed E-state index contributed by atoms with van der Waals surface area (Å²) in [5.41, 5.74) is 3.15. The zero-order valence-corrected chi connectivity index (χ0v) is 22.1. The summed E-state index contributed by atoms with van der Waals surface area (Å²) < 4.78 is 16.4. The molecule has 7 nitrogen and oxygen atoms in total. The molecule has 8 heteroatoms. The quantitative estimate of drug-likeness (QED) is 0.161. The molecular weight excluding hydrogens is 502 g/mol. The molecule has 4 aromatic rings. The first-order valence-electron chi connectivity index (χ1n) is 12.2. The summed E-state index contributed by atoms with van der Waals surface area (Å²) in [6.45, 7) is 1.97. The Balaban J connectivity index is 1.46. The van der Waals surface area contributed by atoms with Crippen LogP contribution in [0.25, 0.3) is 11.0 Å². The Labute approximate surface area is 225 Å². The molecule has 38 heavy (non-hydrogen) atoms. The van der Waals surface area contributed by atoms with E-state index >= 15 is 0 Å². The predicted molar refractivity (Wildman–Crippen MR) is 149 cm³/mol. The molecule has 3 aromatic carbocycles. The number of carbonyl (C=O) groups is 2. The predicted octanol–water partition coefficient (Wildman–Crippen LogP) is 5.65. The number of esters is 1. The second kappa shape index (κ2) is 13.0. The van der Waals surface area contributed by atoms with Crippen LogP contribution in [0.4, 0.5) is 4.79 Å². The molecule has 0 fully saturated rings. The summed E-state index contributed by atoms with van der Waals surface area (Å²) >= 11 is 1.55. The van der Waals surface area contributed by atoms with E-state index in [1.807, 2.05) is 73.8 Å². The zero-order chi connectivity index (χ0) is 26.9. The minimum absolute atomic E-state index is 0.0896. The van der Waals surface area contributed by atoms with Gasteiger partial charge in [0.1, 0.15) is 24.0 Å². The number of aryl methyl sites for hydroxylation is 1. The van der Waals surface area contributed by atoms with Gasteiger partial charge in [0.2, 0.25) is 0 Å². The Morgan fingerprint density at radius 1 is 0.974 bits per heavy atom. The molecule has 0 saturated heterocycles. The normalized spacial score (nSPS) is 11.6. The van der Waals surface area contributed by atoms with Gasteiger partial charge in [-0.05, 0) is 54.2 Å². The molecule has 4 rings (SSSR count). The highest BCUT2D eigenvalue weighted by atomic mass is 32.2. The lowest BCUT2D eigenvalue weighted by atomic mass is 10.00. The van der Waals surface area contributed by atoms with E-state index in [2.05, 4.69) is 5.32 Å². The summed E-state index contributed by atoms with van der Waals surface area (Å²) in [7, 11) is 0. The van der Waals surface area contributed by atoms with Gasteiger partial charge in [0.25, 0.3) is 0 Å². The van der Waals surface area contributed by atoms with Gasteiger partial charge < -0.3 is 19.2 Å². The number of thioether (sulfide) groups is 1. The third-order valence-electron chi connectivity index (χ3n) is 6.10. The van der Waals surface area contributed by atoms with Crippen LogP contribution >= 0.6 is 11.8 Å². The van der Waals surface area contributed by atoms with E-state index in [-0.39, 0.29) is 12.4 Å². The van der Waals surface area contributed by atoms with Crippen LogP contribution in [0.1, 0.15) is 28.7 Å². The van der Waals surface area contributed by atoms with E-state index in [1.54, 1.807) is 23.9 Å². The van der Waals surface area contributed by atoms with Crippen LogP contribution in [-0.4, -0.2) is 30.1 Å². The van der Waals surface area contributed by atoms with Crippen molar-refractivity contribution in [3.63, 3.8) is 0 Å². The minimum Gasteiger partial charge on any atom is -0.445 e. The summed E-state index contributed by atoms with van der Waals surface area (Å²) in [4.78, 5) is 38.1. The van der Waals surface area contributed by atoms with Gasteiger partial charge in [-0.3, -0.25) is 0 Å². The average Bonchev–Trinajstić information content (AvgIpc) is 2.93. The molecule has 1 heterocycles. The van der Waals surface area contributed by atoms with Crippen molar-refractivity contribution in [1.29, 1.82) is 0 Å². The van der Waals surface area contributed by atoms with Crippen LogP contribution in [0.2, 0.25) is 0 Å². The molecule has 0 aliphatic heterocycles. The fraction of sp³-hybridized carbons (Fsp3) is 0.233. The van der Waals surface area contributed by atoms with Gasteiger partial charge in [-0.25, -0.2) is 14.4 Å². The molecule has 0 spiro atoms. The third-order valence-corrected chi connectivity index (χ3v) is 6.74. The fourth-order valence-corrected chi connectivity index (χ4v) is 4.49. The van der Waals surface area contributed by atoms with Gasteiger partial charge in [0.05, 0.1) is 0 Å². The highest BCUT2D eigenvalue weighted by Gasteiger charge is 2.24. The molecule has 196 valence electrons. The van der Waals surface area contributed by atoms with Crippen molar-refractivity contribution in [2.24, 2.45) is 0 Å². The number of carbonyl (C=O) groups excluding carboxylic acids is 2. The number of alkyl carbamates (subject to hydrolysis) is 1. The van der Waals surface area contributed by atoms with Crippen molar-refractivity contribution in [3.05, 3.63) is 112 Å². The van der Waals surface area contributed by atoms with Crippen molar-refractivity contribution in [3.8, 4) is 5.75 Å². The number of nitrogens with one attached hydrogen (secondary N) is 1. The van der Waals surface area contributed by atoms with Crippen molar-refractivity contribution >= 4 is 34.8 Å². The number of fused-ring (bicyclic) bond motifs is 1. The molecule has 0 saturated carbocycles. The maximum absolute atomic E-state index is 13.0. The van der Waals surface area contributed by atoms with Gasteiger partial charge in [-0.2, -0.15) is 11.8 Å². The lowest BCUT2D eigenvalue weighted by Gasteiger charge is -2.17. The second-order valence-electron chi connectivity index (χ2n) is 8.77. The van der Waals surface area contributed by atoms with Crippen molar-refractivity contribution in [2.45, 2.75) is 32.4 Å². The molecular formula is C30H29NO6S.